The Labute approximate surface area is 170 Å². The van der Waals surface area contributed by atoms with E-state index in [1.54, 1.807) is 0 Å². The van der Waals surface area contributed by atoms with E-state index >= 15 is 0 Å². The fourth-order valence-corrected chi connectivity index (χ4v) is 4.06. The molecule has 3 aromatic rings. The van der Waals surface area contributed by atoms with Gasteiger partial charge in [-0.1, -0.05) is 30.3 Å². The molecule has 0 saturated carbocycles. The topological polar surface area (TPSA) is 67.2 Å². The fraction of sp³-hybridized carbons (Fsp3) is 0.348. The molecule has 1 aromatic heterocycles. The van der Waals surface area contributed by atoms with E-state index in [0.29, 0.717) is 13.0 Å². The number of aromatic nitrogens is 2. The number of nitrogens with zero attached hydrogens (tertiary/aromatic N) is 3. The lowest BCUT2D eigenvalue weighted by molar-refractivity contribution is -0.122. The summed E-state index contributed by atoms with van der Waals surface area (Å²) in [6.07, 6.45) is 0.392. The molecular weight excluding hydrogens is 364 g/mol. The molecular formula is C23H26N4O2. The van der Waals surface area contributed by atoms with E-state index in [2.05, 4.69) is 5.32 Å². The maximum Gasteiger partial charge on any atom is 0.240 e. The quantitative estimate of drug-likeness (QED) is 0.726. The third-order valence-corrected chi connectivity index (χ3v) is 5.33. The molecule has 2 aromatic carbocycles. The molecule has 0 unspecified atom stereocenters. The second-order valence-electron chi connectivity index (χ2n) is 7.96. The van der Waals surface area contributed by atoms with Crippen LogP contribution in [-0.2, 0) is 16.1 Å². The van der Waals surface area contributed by atoms with E-state index in [0.717, 1.165) is 28.1 Å². The number of carbonyl (C=O) groups excluding carboxylic acids is 2. The summed E-state index contributed by atoms with van der Waals surface area (Å²) in [5, 5.41) is 2.95. The van der Waals surface area contributed by atoms with Gasteiger partial charge in [0, 0.05) is 30.6 Å². The Morgan fingerprint density at radius 1 is 1.17 bits per heavy atom. The second-order valence-corrected chi connectivity index (χ2v) is 7.96. The Morgan fingerprint density at radius 2 is 1.90 bits per heavy atom. The Morgan fingerprint density at radius 3 is 2.66 bits per heavy atom. The minimum atomic E-state index is -0.0543. The number of para-hydroxylation sites is 3. The lowest BCUT2D eigenvalue weighted by Crippen LogP contribution is -2.33. The summed E-state index contributed by atoms with van der Waals surface area (Å²) in [4.78, 5) is 32.0. The molecule has 1 atom stereocenters. The van der Waals surface area contributed by atoms with E-state index in [1.165, 1.54) is 0 Å². The number of amides is 2. The summed E-state index contributed by atoms with van der Waals surface area (Å²) < 4.78 is 1.96. The first-order valence-electron chi connectivity index (χ1n) is 10.0. The molecule has 0 radical (unpaired) electrons. The average molecular weight is 390 g/mol. The minimum absolute atomic E-state index is 0.0514. The molecule has 1 saturated heterocycles. The van der Waals surface area contributed by atoms with Gasteiger partial charge in [-0.2, -0.15) is 0 Å². The largest absolute Gasteiger partial charge is 0.352 e. The van der Waals surface area contributed by atoms with E-state index in [1.807, 2.05) is 78.8 Å². The third kappa shape index (κ3) is 3.75. The van der Waals surface area contributed by atoms with Crippen LogP contribution in [0.25, 0.3) is 11.0 Å². The second kappa shape index (κ2) is 7.70. The minimum Gasteiger partial charge on any atom is -0.352 e. The highest BCUT2D eigenvalue weighted by molar-refractivity contribution is 5.97. The van der Waals surface area contributed by atoms with Crippen LogP contribution in [0, 0.1) is 6.92 Å². The van der Waals surface area contributed by atoms with Crippen molar-refractivity contribution in [3.8, 4) is 0 Å². The standard InChI is InChI=1S/C23H26N4O2/c1-15(2)24-21(28)14-27-20-11-7-5-9-18(20)25-23(27)17-12-22(29)26(13-17)19-10-6-4-8-16(19)3/h4-11,15,17H,12-14H2,1-3H3,(H,24,28)/t17-/m0/s1. The van der Waals surface area contributed by atoms with Crippen molar-refractivity contribution >= 4 is 28.5 Å². The number of fused-ring (bicyclic) bond motifs is 1. The summed E-state index contributed by atoms with van der Waals surface area (Å²) in [6, 6.07) is 15.8. The van der Waals surface area contributed by atoms with Gasteiger partial charge in [0.25, 0.3) is 0 Å². The molecule has 0 spiro atoms. The zero-order valence-corrected chi connectivity index (χ0v) is 17.1. The first-order chi connectivity index (χ1) is 13.9. The number of hydrogen-bond donors (Lipinski definition) is 1. The zero-order valence-electron chi connectivity index (χ0n) is 17.1. The van der Waals surface area contributed by atoms with Gasteiger partial charge >= 0.3 is 0 Å². The van der Waals surface area contributed by atoms with Gasteiger partial charge in [-0.25, -0.2) is 4.98 Å². The average Bonchev–Trinajstić information content (AvgIpc) is 3.22. The number of hydrogen-bond acceptors (Lipinski definition) is 3. The van der Waals surface area contributed by atoms with Crippen LogP contribution >= 0.6 is 0 Å². The summed E-state index contributed by atoms with van der Waals surface area (Å²) in [5.74, 6) is 0.787. The van der Waals surface area contributed by atoms with Crippen molar-refractivity contribution in [1.82, 2.24) is 14.9 Å². The molecule has 6 nitrogen and oxygen atoms in total. The van der Waals surface area contributed by atoms with Crippen molar-refractivity contribution in [2.45, 2.75) is 45.7 Å². The van der Waals surface area contributed by atoms with Crippen molar-refractivity contribution in [3.05, 3.63) is 59.9 Å². The molecule has 0 bridgehead atoms. The van der Waals surface area contributed by atoms with Gasteiger partial charge in [0.05, 0.1) is 11.0 Å². The molecule has 1 fully saturated rings. The molecule has 29 heavy (non-hydrogen) atoms. The van der Waals surface area contributed by atoms with Crippen LogP contribution in [0.3, 0.4) is 0 Å². The molecule has 150 valence electrons. The van der Waals surface area contributed by atoms with Crippen LogP contribution in [-0.4, -0.2) is 34.0 Å². The molecule has 1 N–H and O–H groups in total. The zero-order chi connectivity index (χ0) is 20.5. The Kier molecular flexibility index (Phi) is 5.09. The summed E-state index contributed by atoms with van der Waals surface area (Å²) >= 11 is 0. The molecule has 1 aliphatic rings. The number of carbonyl (C=O) groups is 2. The predicted octanol–water partition coefficient (Wildman–Crippen LogP) is 3.39. The molecule has 2 amide bonds. The monoisotopic (exact) mass is 390 g/mol. The Hall–Kier alpha value is -3.15. The first kappa shape index (κ1) is 19.2. The van der Waals surface area contributed by atoms with Crippen LogP contribution in [0.15, 0.2) is 48.5 Å². The van der Waals surface area contributed by atoms with Crippen molar-refractivity contribution in [2.24, 2.45) is 0 Å². The van der Waals surface area contributed by atoms with E-state index < -0.39 is 0 Å². The van der Waals surface area contributed by atoms with Gasteiger partial charge in [-0.15, -0.1) is 0 Å². The lowest BCUT2D eigenvalue weighted by atomic mass is 10.1. The van der Waals surface area contributed by atoms with Gasteiger partial charge in [0.2, 0.25) is 11.8 Å². The van der Waals surface area contributed by atoms with Crippen LogP contribution in [0.2, 0.25) is 0 Å². The van der Waals surface area contributed by atoms with Gasteiger partial charge in [-0.05, 0) is 44.5 Å². The lowest BCUT2D eigenvalue weighted by Gasteiger charge is -2.19. The molecule has 4 rings (SSSR count). The number of imidazole rings is 1. The smallest absolute Gasteiger partial charge is 0.240 e. The summed E-state index contributed by atoms with van der Waals surface area (Å²) in [6.45, 7) is 6.67. The van der Waals surface area contributed by atoms with Crippen LogP contribution < -0.4 is 10.2 Å². The van der Waals surface area contributed by atoms with Crippen LogP contribution in [0.5, 0.6) is 0 Å². The highest BCUT2D eigenvalue weighted by Gasteiger charge is 2.35. The molecule has 1 aliphatic heterocycles. The predicted molar refractivity (Wildman–Crippen MR) is 114 cm³/mol. The normalized spacial score (nSPS) is 16.8. The first-order valence-corrected chi connectivity index (χ1v) is 10.0. The highest BCUT2D eigenvalue weighted by Crippen LogP contribution is 2.34. The summed E-state index contributed by atoms with van der Waals surface area (Å²) in [7, 11) is 0. The van der Waals surface area contributed by atoms with Gasteiger partial charge < -0.3 is 14.8 Å². The highest BCUT2D eigenvalue weighted by atomic mass is 16.2. The molecule has 0 aliphatic carbocycles. The van der Waals surface area contributed by atoms with Crippen molar-refractivity contribution < 1.29 is 9.59 Å². The maximum absolute atomic E-state index is 12.8. The molecule has 6 heteroatoms. The number of anilines is 1. The molecule has 2 heterocycles. The van der Waals surface area contributed by atoms with E-state index in [4.69, 9.17) is 4.98 Å². The number of nitrogens with one attached hydrogen (secondary N) is 1. The van der Waals surface area contributed by atoms with Gasteiger partial charge in [-0.3, -0.25) is 9.59 Å². The third-order valence-electron chi connectivity index (χ3n) is 5.33. The van der Waals surface area contributed by atoms with Crippen LogP contribution in [0.4, 0.5) is 5.69 Å². The van der Waals surface area contributed by atoms with Crippen molar-refractivity contribution in [2.75, 3.05) is 11.4 Å². The fourth-order valence-electron chi connectivity index (χ4n) is 4.06. The van der Waals surface area contributed by atoms with Crippen LogP contribution in [0.1, 0.15) is 37.6 Å². The summed E-state index contributed by atoms with van der Waals surface area (Å²) in [5.41, 5.74) is 3.79. The van der Waals surface area contributed by atoms with E-state index in [-0.39, 0.29) is 30.3 Å². The SMILES string of the molecule is Cc1ccccc1N1C[C@@H](c2nc3ccccc3n2CC(=O)NC(C)C)CC1=O. The maximum atomic E-state index is 12.8. The van der Waals surface area contributed by atoms with Crippen molar-refractivity contribution in [1.29, 1.82) is 0 Å². The number of rotatable bonds is 5. The Balaban J connectivity index is 1.69. The van der Waals surface area contributed by atoms with Crippen molar-refractivity contribution in [3.63, 3.8) is 0 Å². The van der Waals surface area contributed by atoms with E-state index in [9.17, 15) is 9.59 Å². The number of benzene rings is 2. The van der Waals surface area contributed by atoms with Gasteiger partial charge in [0.15, 0.2) is 0 Å². The Bertz CT molecular complexity index is 1070. The number of aryl methyl sites for hydroxylation is 1. The van der Waals surface area contributed by atoms with Gasteiger partial charge in [0.1, 0.15) is 12.4 Å².